The number of carbonyl (C=O) groups is 1. The average molecular weight is 410 g/mol. The van der Waals surface area contributed by atoms with Crippen LogP contribution in [0.4, 0.5) is 0 Å². The minimum absolute atomic E-state index is 0.0216. The van der Waals surface area contributed by atoms with Gasteiger partial charge in [0, 0.05) is 12.7 Å². The van der Waals surface area contributed by atoms with E-state index in [-0.39, 0.29) is 10.7 Å². The van der Waals surface area contributed by atoms with Crippen molar-refractivity contribution in [3.8, 4) is 0 Å². The van der Waals surface area contributed by atoms with Crippen LogP contribution in [-0.4, -0.2) is 27.9 Å². The van der Waals surface area contributed by atoms with Crippen molar-refractivity contribution >= 4 is 15.9 Å². The lowest BCUT2D eigenvalue weighted by atomic mass is 9.86. The van der Waals surface area contributed by atoms with Gasteiger partial charge in [0.1, 0.15) is 6.61 Å². The molecule has 29 heavy (non-hydrogen) atoms. The second-order valence-corrected chi connectivity index (χ2v) is 8.24. The fourth-order valence-corrected chi connectivity index (χ4v) is 3.94. The number of Topliss-reactive ketones (excluding diaryl/α,β-unsaturated/α-hetero) is 1. The summed E-state index contributed by atoms with van der Waals surface area (Å²) in [6.45, 7) is 1.37. The van der Waals surface area contributed by atoms with E-state index in [0.717, 1.165) is 5.56 Å². The molecule has 0 spiro atoms. The fraction of sp³-hybridized carbons (Fsp3) is 0.174. The van der Waals surface area contributed by atoms with E-state index in [2.05, 4.69) is 0 Å². The summed E-state index contributed by atoms with van der Waals surface area (Å²) in [6.07, 6.45) is 0. The van der Waals surface area contributed by atoms with Gasteiger partial charge in [-0.3, -0.25) is 8.98 Å². The van der Waals surface area contributed by atoms with Gasteiger partial charge in [-0.05, 0) is 24.6 Å². The van der Waals surface area contributed by atoms with Crippen molar-refractivity contribution in [3.05, 3.63) is 102 Å². The number of ketones is 1. The van der Waals surface area contributed by atoms with Gasteiger partial charge >= 0.3 is 0 Å². The van der Waals surface area contributed by atoms with Gasteiger partial charge in [0.25, 0.3) is 10.1 Å². The van der Waals surface area contributed by atoms with E-state index in [9.17, 15) is 13.2 Å². The Morgan fingerprint density at radius 2 is 1.41 bits per heavy atom. The quantitative estimate of drug-likeness (QED) is 0.413. The molecule has 0 bridgehead atoms. The average Bonchev–Trinajstić information content (AvgIpc) is 2.76. The monoisotopic (exact) mass is 410 g/mol. The van der Waals surface area contributed by atoms with Crippen molar-refractivity contribution in [1.82, 2.24) is 0 Å². The highest BCUT2D eigenvalue weighted by Crippen LogP contribution is 2.31. The van der Waals surface area contributed by atoms with Crippen LogP contribution in [-0.2, 0) is 24.6 Å². The normalized spacial score (nSPS) is 13.6. The molecule has 5 nitrogen and oxygen atoms in total. The molecule has 3 aromatic rings. The first-order chi connectivity index (χ1) is 13.9. The maximum absolute atomic E-state index is 13.4. The lowest BCUT2D eigenvalue weighted by Gasteiger charge is -2.31. The number of hydrogen-bond donors (Lipinski definition) is 0. The van der Waals surface area contributed by atoms with Gasteiger partial charge in [-0.25, -0.2) is 0 Å². The van der Waals surface area contributed by atoms with Crippen molar-refractivity contribution < 1.29 is 22.1 Å². The molecule has 0 aliphatic heterocycles. The Hall–Kier alpha value is -2.80. The SMILES string of the molecule is COC(COS(=O)(=O)c1ccc(C)cc1)(C(=O)c1ccccc1)c1ccccc1. The van der Waals surface area contributed by atoms with Crippen LogP contribution in [0.15, 0.2) is 89.8 Å². The predicted molar refractivity (Wildman–Crippen MR) is 110 cm³/mol. The Balaban J connectivity index is 2.00. The highest BCUT2D eigenvalue weighted by Gasteiger charge is 2.43. The molecule has 0 radical (unpaired) electrons. The molecule has 3 rings (SSSR count). The summed E-state index contributed by atoms with van der Waals surface area (Å²) in [5.74, 6) is -0.383. The molecule has 6 heteroatoms. The highest BCUT2D eigenvalue weighted by atomic mass is 32.2. The third-order valence-corrected chi connectivity index (χ3v) is 6.00. The van der Waals surface area contributed by atoms with Crippen LogP contribution >= 0.6 is 0 Å². The summed E-state index contributed by atoms with van der Waals surface area (Å²) < 4.78 is 36.4. The van der Waals surface area contributed by atoms with E-state index in [1.54, 1.807) is 72.8 Å². The summed E-state index contributed by atoms with van der Waals surface area (Å²) in [6, 6.07) is 23.7. The molecule has 0 saturated heterocycles. The standard InChI is InChI=1S/C23H22O5S/c1-18-13-15-21(16-14-18)29(25,26)28-17-23(27-2,20-11-7-4-8-12-20)22(24)19-9-5-3-6-10-19/h3-16H,17H2,1-2H3. The molecule has 0 aliphatic carbocycles. The van der Waals surface area contributed by atoms with Gasteiger partial charge in [0.15, 0.2) is 5.60 Å². The largest absolute Gasteiger partial charge is 0.363 e. The first kappa shape index (κ1) is 20.9. The number of rotatable bonds is 8. The second kappa shape index (κ2) is 8.69. The summed E-state index contributed by atoms with van der Waals surface area (Å²) in [7, 11) is -2.71. The topological polar surface area (TPSA) is 69.7 Å². The summed E-state index contributed by atoms with van der Waals surface area (Å²) in [5, 5.41) is 0. The molecule has 0 saturated carbocycles. The van der Waals surface area contributed by atoms with E-state index < -0.39 is 22.3 Å². The molecule has 150 valence electrons. The van der Waals surface area contributed by atoms with Gasteiger partial charge in [-0.2, -0.15) is 8.42 Å². The second-order valence-electron chi connectivity index (χ2n) is 6.62. The Morgan fingerprint density at radius 3 is 1.97 bits per heavy atom. The number of carbonyl (C=O) groups excluding carboxylic acids is 1. The zero-order chi connectivity index (χ0) is 20.9. The van der Waals surface area contributed by atoms with Gasteiger partial charge in [0.2, 0.25) is 5.78 Å². The number of hydrogen-bond acceptors (Lipinski definition) is 5. The Kier molecular flexibility index (Phi) is 6.27. The summed E-state index contributed by atoms with van der Waals surface area (Å²) >= 11 is 0. The van der Waals surface area contributed by atoms with Crippen LogP contribution in [0.1, 0.15) is 21.5 Å². The Morgan fingerprint density at radius 1 is 0.862 bits per heavy atom. The van der Waals surface area contributed by atoms with Crippen molar-refractivity contribution in [1.29, 1.82) is 0 Å². The first-order valence-corrected chi connectivity index (χ1v) is 10.5. The molecule has 0 heterocycles. The van der Waals surface area contributed by atoms with E-state index in [1.807, 2.05) is 6.92 Å². The predicted octanol–water partition coefficient (Wildman–Crippen LogP) is 4.13. The smallest absolute Gasteiger partial charge is 0.297 e. The number of methoxy groups -OCH3 is 1. The van der Waals surface area contributed by atoms with Crippen molar-refractivity contribution in [3.63, 3.8) is 0 Å². The first-order valence-electron chi connectivity index (χ1n) is 9.06. The van der Waals surface area contributed by atoms with Crippen LogP contribution in [0.25, 0.3) is 0 Å². The number of aryl methyl sites for hydroxylation is 1. The van der Waals surface area contributed by atoms with Gasteiger partial charge in [0.05, 0.1) is 4.90 Å². The van der Waals surface area contributed by atoms with E-state index in [0.29, 0.717) is 11.1 Å². The zero-order valence-electron chi connectivity index (χ0n) is 16.2. The van der Waals surface area contributed by atoms with Crippen LogP contribution in [0.2, 0.25) is 0 Å². The molecular weight excluding hydrogens is 388 g/mol. The minimum atomic E-state index is -4.08. The molecule has 0 aromatic heterocycles. The minimum Gasteiger partial charge on any atom is -0.363 e. The van der Waals surface area contributed by atoms with Crippen LogP contribution in [0.3, 0.4) is 0 Å². The van der Waals surface area contributed by atoms with E-state index >= 15 is 0 Å². The van der Waals surface area contributed by atoms with Crippen molar-refractivity contribution in [2.24, 2.45) is 0 Å². The molecular formula is C23H22O5S. The number of ether oxygens (including phenoxy) is 1. The maximum atomic E-state index is 13.4. The molecule has 0 fully saturated rings. The Labute approximate surface area is 171 Å². The maximum Gasteiger partial charge on any atom is 0.297 e. The Bertz CT molecular complexity index is 1060. The number of benzene rings is 3. The van der Waals surface area contributed by atoms with Gasteiger partial charge < -0.3 is 4.74 Å². The van der Waals surface area contributed by atoms with Crippen molar-refractivity contribution in [2.45, 2.75) is 17.4 Å². The third-order valence-electron chi connectivity index (χ3n) is 4.72. The lowest BCUT2D eigenvalue weighted by molar-refractivity contribution is -0.0265. The zero-order valence-corrected chi connectivity index (χ0v) is 17.1. The van der Waals surface area contributed by atoms with Gasteiger partial charge in [-0.1, -0.05) is 78.4 Å². The molecule has 1 atom stereocenters. The van der Waals surface area contributed by atoms with Crippen molar-refractivity contribution in [2.75, 3.05) is 13.7 Å². The van der Waals surface area contributed by atoms with E-state index in [1.165, 1.54) is 19.2 Å². The van der Waals surface area contributed by atoms with E-state index in [4.69, 9.17) is 8.92 Å². The van der Waals surface area contributed by atoms with Gasteiger partial charge in [-0.15, -0.1) is 0 Å². The lowest BCUT2D eigenvalue weighted by Crippen LogP contribution is -2.43. The van der Waals surface area contributed by atoms with Crippen LogP contribution in [0, 0.1) is 6.92 Å². The molecule has 1 unspecified atom stereocenters. The molecule has 3 aromatic carbocycles. The van der Waals surface area contributed by atoms with Crippen LogP contribution in [0.5, 0.6) is 0 Å². The third kappa shape index (κ3) is 4.45. The molecule has 0 amide bonds. The molecule has 0 aliphatic rings. The van der Waals surface area contributed by atoms with Crippen LogP contribution < -0.4 is 0 Å². The summed E-state index contributed by atoms with van der Waals surface area (Å²) in [4.78, 5) is 13.4. The summed E-state index contributed by atoms with van der Waals surface area (Å²) in [5.41, 5.74) is 0.226. The highest BCUT2D eigenvalue weighted by molar-refractivity contribution is 7.86. The fourth-order valence-electron chi connectivity index (χ4n) is 3.01. The molecule has 0 N–H and O–H groups in total.